The molecule has 0 unspecified atom stereocenters. The van der Waals surface area contributed by atoms with Gasteiger partial charge < -0.3 is 4.74 Å². The van der Waals surface area contributed by atoms with Crippen LogP contribution in [0.25, 0.3) is 0 Å². The molecule has 0 amide bonds. The van der Waals surface area contributed by atoms with Gasteiger partial charge in [0.1, 0.15) is 5.75 Å². The van der Waals surface area contributed by atoms with E-state index in [1.807, 2.05) is 30.3 Å². The Labute approximate surface area is 135 Å². The molecule has 4 nitrogen and oxygen atoms in total. The van der Waals surface area contributed by atoms with E-state index in [4.69, 9.17) is 19.1 Å². The van der Waals surface area contributed by atoms with Crippen LogP contribution in [-0.2, 0) is 4.57 Å². The van der Waals surface area contributed by atoms with E-state index in [1.165, 1.54) is 44.9 Å². The van der Waals surface area contributed by atoms with Gasteiger partial charge in [0.25, 0.3) is 0 Å². The third-order valence-electron chi connectivity index (χ3n) is 2.76. The lowest BCUT2D eigenvalue weighted by Gasteiger charge is -2.05. The Bertz CT molecular complexity index is 340. The number of para-hydroxylation sites is 1. The van der Waals surface area contributed by atoms with E-state index in [1.54, 1.807) is 0 Å². The topological polar surface area (TPSA) is 66.8 Å². The molecule has 5 heteroatoms. The molecule has 0 heterocycles. The monoisotopic (exact) mass is 329 g/mol. The van der Waals surface area contributed by atoms with Crippen molar-refractivity contribution in [1.82, 2.24) is 0 Å². The maximum Gasteiger partial charge on any atom is 0.692 e. The van der Waals surface area contributed by atoms with Gasteiger partial charge in [0.15, 0.2) is 0 Å². The summed E-state index contributed by atoms with van der Waals surface area (Å²) >= 11 is 0. The lowest BCUT2D eigenvalue weighted by molar-refractivity contribution is 0.304. The first-order chi connectivity index (χ1) is 10.7. The van der Waals surface area contributed by atoms with Crippen molar-refractivity contribution in [3.8, 4) is 5.75 Å². The van der Waals surface area contributed by atoms with Gasteiger partial charge in [0.2, 0.25) is 0 Å². The van der Waals surface area contributed by atoms with Gasteiger partial charge >= 0.3 is 8.25 Å². The highest BCUT2D eigenvalue weighted by Gasteiger charge is 1.93. The second-order valence-corrected chi connectivity index (χ2v) is 5.04. The Hall–Kier alpha value is -1.22. The van der Waals surface area contributed by atoms with Crippen molar-refractivity contribution in [3.63, 3.8) is 0 Å². The lowest BCUT2D eigenvalue weighted by atomic mass is 10.1. The molecule has 0 atom stereocenters. The Morgan fingerprint density at radius 3 is 1.91 bits per heavy atom. The number of hydrogen-bond acceptors (Lipinski definition) is 2. The average Bonchev–Trinajstić information content (AvgIpc) is 2.52. The minimum absolute atomic E-state index is 0.859. The van der Waals surface area contributed by atoms with Gasteiger partial charge in [0.05, 0.1) is 6.61 Å². The number of unbranched alkanes of at least 4 members (excludes halogenated alkanes) is 6. The molecule has 0 aliphatic heterocycles. The summed E-state index contributed by atoms with van der Waals surface area (Å²) in [5, 5.41) is 0. The van der Waals surface area contributed by atoms with Gasteiger partial charge in [-0.15, -0.1) is 22.9 Å². The maximum absolute atomic E-state index is 8.70. The zero-order valence-electron chi connectivity index (χ0n) is 13.6. The van der Waals surface area contributed by atoms with E-state index < -0.39 is 8.25 Å². The summed E-state index contributed by atoms with van der Waals surface area (Å²) < 4.78 is 14.3. The number of rotatable bonds is 9. The summed E-state index contributed by atoms with van der Waals surface area (Å²) in [7, 11) is -2.87. The average molecular weight is 329 g/mol. The first-order valence-corrected chi connectivity index (χ1v) is 8.86. The Morgan fingerprint density at radius 2 is 1.41 bits per heavy atom. The van der Waals surface area contributed by atoms with Gasteiger partial charge in [-0.2, -0.15) is 0 Å². The zero-order chi connectivity index (χ0) is 17.1. The molecule has 0 saturated heterocycles. The number of benzene rings is 1. The Balaban J connectivity index is 0. The van der Waals surface area contributed by atoms with Gasteiger partial charge in [-0.05, 0) is 18.6 Å². The molecule has 1 aromatic carbocycles. The predicted molar refractivity (Wildman–Crippen MR) is 93.2 cm³/mol. The summed E-state index contributed by atoms with van der Waals surface area (Å²) in [4.78, 5) is 14.2. The highest BCUT2D eigenvalue weighted by molar-refractivity contribution is 7.30. The van der Waals surface area contributed by atoms with Gasteiger partial charge in [0, 0.05) is 4.57 Å². The second-order valence-electron chi connectivity index (χ2n) is 4.54. The first kappa shape index (κ1) is 23.1. The molecule has 1 aromatic rings. The van der Waals surface area contributed by atoms with Gasteiger partial charge in [-0.1, -0.05) is 63.6 Å². The van der Waals surface area contributed by atoms with Crippen LogP contribution in [0.5, 0.6) is 5.75 Å². The molecule has 22 heavy (non-hydrogen) atoms. The first-order valence-electron chi connectivity index (χ1n) is 7.69. The molecule has 0 spiro atoms. The summed E-state index contributed by atoms with van der Waals surface area (Å²) in [6.45, 7) is 9.12. The van der Waals surface area contributed by atoms with Crippen molar-refractivity contribution < 1.29 is 19.1 Å². The van der Waals surface area contributed by atoms with Gasteiger partial charge in [-0.25, -0.2) is 0 Å². The Morgan fingerprint density at radius 1 is 0.955 bits per heavy atom. The molecule has 0 aliphatic rings. The van der Waals surface area contributed by atoms with E-state index in [9.17, 15) is 0 Å². The van der Waals surface area contributed by atoms with Crippen LogP contribution in [0, 0.1) is 0 Å². The molecule has 0 saturated carbocycles. The molecule has 0 aliphatic carbocycles. The van der Waals surface area contributed by atoms with Crippen LogP contribution in [0.4, 0.5) is 0 Å². The van der Waals surface area contributed by atoms with E-state index in [0.717, 1.165) is 12.4 Å². The standard InChI is InChI=1S/C15H24O.C2H4.HO3P/c1-2-3-4-5-6-7-11-14-16-15-12-9-8-10-13-15;1-2;1-4(2)3/h8-10,12-13H,2-7,11,14H2,1H3;1-2H2;(H-,1,2,3)/p+1. The highest BCUT2D eigenvalue weighted by Crippen LogP contribution is 2.10. The largest absolute Gasteiger partial charge is 0.692 e. The molecule has 126 valence electrons. The normalized spacial score (nSPS) is 8.86. The van der Waals surface area contributed by atoms with E-state index in [2.05, 4.69) is 20.1 Å². The quantitative estimate of drug-likeness (QED) is 0.369. The molecule has 0 fully saturated rings. The highest BCUT2D eigenvalue weighted by atomic mass is 31.1. The van der Waals surface area contributed by atoms with Crippen LogP contribution < -0.4 is 4.74 Å². The van der Waals surface area contributed by atoms with E-state index in [-0.39, 0.29) is 0 Å². The Kier molecular flexibility index (Phi) is 20.7. The third kappa shape index (κ3) is 21.1. The summed E-state index contributed by atoms with van der Waals surface area (Å²) in [5.74, 6) is 0.994. The maximum atomic E-state index is 8.70. The van der Waals surface area contributed by atoms with Crippen LogP contribution in [0.2, 0.25) is 0 Å². The van der Waals surface area contributed by atoms with Crippen LogP contribution in [0.15, 0.2) is 43.5 Å². The molecule has 1 rings (SSSR count). The minimum atomic E-state index is -2.87. The van der Waals surface area contributed by atoms with Crippen molar-refractivity contribution in [2.24, 2.45) is 0 Å². The second kappa shape index (κ2) is 19.8. The molecule has 0 radical (unpaired) electrons. The summed E-state index contributed by atoms with van der Waals surface area (Å²) in [6, 6.07) is 10.1. The minimum Gasteiger partial charge on any atom is -0.494 e. The van der Waals surface area contributed by atoms with Crippen molar-refractivity contribution in [1.29, 1.82) is 0 Å². The summed E-state index contributed by atoms with van der Waals surface area (Å²) in [6.07, 6.45) is 9.35. The molecule has 0 bridgehead atoms. The lowest BCUT2D eigenvalue weighted by Crippen LogP contribution is -1.96. The molecular formula is C17H30O4P+. The zero-order valence-corrected chi connectivity index (χ0v) is 14.5. The van der Waals surface area contributed by atoms with Crippen molar-refractivity contribution in [2.75, 3.05) is 6.61 Å². The van der Waals surface area contributed by atoms with Crippen molar-refractivity contribution in [3.05, 3.63) is 43.5 Å². The van der Waals surface area contributed by atoms with Gasteiger partial charge in [-0.3, -0.25) is 0 Å². The van der Waals surface area contributed by atoms with Crippen LogP contribution in [-0.4, -0.2) is 16.4 Å². The molecule has 0 aromatic heterocycles. The fourth-order valence-electron chi connectivity index (χ4n) is 1.77. The predicted octanol–water partition coefficient (Wildman–Crippen LogP) is 5.25. The molecular weight excluding hydrogens is 299 g/mol. The smallest absolute Gasteiger partial charge is 0.494 e. The fourth-order valence-corrected chi connectivity index (χ4v) is 1.77. The molecule has 2 N–H and O–H groups in total. The van der Waals surface area contributed by atoms with Crippen LogP contribution in [0.1, 0.15) is 51.9 Å². The van der Waals surface area contributed by atoms with E-state index in [0.29, 0.717) is 0 Å². The number of ether oxygens (including phenoxy) is 1. The number of hydrogen-bond donors (Lipinski definition) is 2. The SMILES string of the molecule is C=C.CCCCCCCCCOc1ccccc1.O=[P+](O)O. The van der Waals surface area contributed by atoms with E-state index >= 15 is 0 Å². The fraction of sp³-hybridized carbons (Fsp3) is 0.529. The summed E-state index contributed by atoms with van der Waals surface area (Å²) in [5.41, 5.74) is 0. The van der Waals surface area contributed by atoms with Crippen molar-refractivity contribution in [2.45, 2.75) is 51.9 Å². The third-order valence-corrected chi connectivity index (χ3v) is 2.76. The van der Waals surface area contributed by atoms with Crippen LogP contribution in [0.3, 0.4) is 0 Å². The van der Waals surface area contributed by atoms with Crippen molar-refractivity contribution >= 4 is 8.25 Å². The van der Waals surface area contributed by atoms with Crippen LogP contribution >= 0.6 is 8.25 Å².